The van der Waals surface area contributed by atoms with Gasteiger partial charge in [-0.25, -0.2) is 9.78 Å². The van der Waals surface area contributed by atoms with Crippen molar-refractivity contribution < 1.29 is 19.1 Å². The lowest BCUT2D eigenvalue weighted by Crippen LogP contribution is -2.55. The number of rotatable bonds is 9. The number of methoxy groups -OCH3 is 2. The molecule has 3 heterocycles. The predicted molar refractivity (Wildman–Crippen MR) is 159 cm³/mol. The number of anilines is 5. The largest absolute Gasteiger partial charge is 0.497 e. The average molecular weight is 558 g/mol. The molecule has 2 aliphatic rings. The molecule has 41 heavy (non-hydrogen) atoms. The number of nitrogens with zero attached hydrogens (tertiary/aromatic N) is 5. The second-order valence-electron chi connectivity index (χ2n) is 9.88. The highest BCUT2D eigenvalue weighted by atomic mass is 16.5. The summed E-state index contributed by atoms with van der Waals surface area (Å²) in [5.41, 5.74) is 2.68. The summed E-state index contributed by atoms with van der Waals surface area (Å²) in [6, 6.07) is 12.5. The van der Waals surface area contributed by atoms with Gasteiger partial charge in [0, 0.05) is 49.1 Å². The maximum absolute atomic E-state index is 14.2. The molecule has 3 amide bonds. The van der Waals surface area contributed by atoms with Crippen LogP contribution in [0.15, 0.2) is 61.3 Å². The molecule has 5 rings (SSSR count). The highest BCUT2D eigenvalue weighted by Crippen LogP contribution is 2.37. The van der Waals surface area contributed by atoms with Crippen LogP contribution in [0.2, 0.25) is 0 Å². The summed E-state index contributed by atoms with van der Waals surface area (Å²) in [7, 11) is 3.17. The van der Waals surface area contributed by atoms with E-state index in [2.05, 4.69) is 34.0 Å². The van der Waals surface area contributed by atoms with Crippen LogP contribution in [0.5, 0.6) is 11.5 Å². The molecule has 3 aromatic rings. The molecular formula is C30H35N7O4. The fraction of sp³-hybridized carbons (Fsp3) is 0.333. The first-order valence-corrected chi connectivity index (χ1v) is 13.7. The Bertz CT molecular complexity index is 1420. The van der Waals surface area contributed by atoms with Crippen molar-refractivity contribution in [1.82, 2.24) is 14.9 Å². The number of urea groups is 1. The molecule has 214 valence electrons. The second-order valence-corrected chi connectivity index (χ2v) is 9.88. The van der Waals surface area contributed by atoms with Gasteiger partial charge in [-0.05, 0) is 37.6 Å². The normalized spacial score (nSPS) is 15.7. The molecule has 0 atom stereocenters. The van der Waals surface area contributed by atoms with Gasteiger partial charge < -0.3 is 25.0 Å². The molecule has 2 aromatic carbocycles. The summed E-state index contributed by atoms with van der Waals surface area (Å²) in [5.74, 6) is 1.78. The van der Waals surface area contributed by atoms with E-state index >= 15 is 0 Å². The van der Waals surface area contributed by atoms with Crippen LogP contribution >= 0.6 is 0 Å². The molecule has 0 spiro atoms. The van der Waals surface area contributed by atoms with Crippen molar-refractivity contribution in [3.8, 4) is 11.5 Å². The smallest absolute Gasteiger partial charge is 0.330 e. The van der Waals surface area contributed by atoms with Crippen molar-refractivity contribution in [2.75, 3.05) is 54.3 Å². The average Bonchev–Trinajstić information content (AvgIpc) is 3.01. The number of hydrogen-bond acceptors (Lipinski definition) is 8. The Morgan fingerprint density at radius 3 is 2.41 bits per heavy atom. The predicted octanol–water partition coefficient (Wildman–Crippen LogP) is 4.79. The van der Waals surface area contributed by atoms with Crippen LogP contribution in [0.4, 0.5) is 33.6 Å². The molecule has 0 radical (unpaired) electrons. The number of amides is 3. The van der Waals surface area contributed by atoms with Crippen molar-refractivity contribution in [3.05, 3.63) is 66.9 Å². The zero-order valence-electron chi connectivity index (χ0n) is 23.6. The Hall–Kier alpha value is -4.64. The van der Waals surface area contributed by atoms with E-state index < -0.39 is 0 Å². The summed E-state index contributed by atoms with van der Waals surface area (Å²) in [6.07, 6.45) is 4.62. The van der Waals surface area contributed by atoms with Gasteiger partial charge in [0.15, 0.2) is 0 Å². The monoisotopic (exact) mass is 557 g/mol. The lowest BCUT2D eigenvalue weighted by molar-refractivity contribution is -0.111. The van der Waals surface area contributed by atoms with Crippen LogP contribution < -0.4 is 29.9 Å². The van der Waals surface area contributed by atoms with E-state index in [1.807, 2.05) is 35.2 Å². The number of hydrogen-bond donors (Lipinski definition) is 2. The Kier molecular flexibility index (Phi) is 8.34. The Morgan fingerprint density at radius 2 is 1.78 bits per heavy atom. The third-order valence-corrected chi connectivity index (χ3v) is 7.47. The fourth-order valence-corrected chi connectivity index (χ4v) is 5.21. The molecule has 1 aromatic heterocycles. The molecular weight excluding hydrogens is 522 g/mol. The van der Waals surface area contributed by atoms with E-state index in [9.17, 15) is 9.59 Å². The van der Waals surface area contributed by atoms with E-state index in [1.165, 1.54) is 6.08 Å². The highest BCUT2D eigenvalue weighted by molar-refractivity contribution is 6.06. The second kappa shape index (κ2) is 12.3. The van der Waals surface area contributed by atoms with Gasteiger partial charge in [0.05, 0.1) is 37.8 Å². The molecule has 2 aliphatic heterocycles. The summed E-state index contributed by atoms with van der Waals surface area (Å²) in [4.78, 5) is 41.5. The minimum Gasteiger partial charge on any atom is -0.497 e. The standard InChI is InChI=1S/C30H35N7O4/c1-5-27(38)32-25-9-7-8-10-26(25)33-29-31-18-20-19-36(22-15-23(40-3)17-24(16-22)41-4)30(39)37(28(20)34-29)21-11-13-35(6-2)14-12-21/h5,7-10,15-18,21H,1,6,11-14,19H2,2-4H3,(H,32,38)(H,31,33,34). The first kappa shape index (κ1) is 27.9. The maximum Gasteiger partial charge on any atom is 0.330 e. The lowest BCUT2D eigenvalue weighted by Gasteiger charge is -2.43. The van der Waals surface area contributed by atoms with Crippen molar-refractivity contribution in [2.45, 2.75) is 32.4 Å². The van der Waals surface area contributed by atoms with Crippen molar-refractivity contribution in [3.63, 3.8) is 0 Å². The zero-order valence-corrected chi connectivity index (χ0v) is 23.6. The number of nitrogens with one attached hydrogen (secondary N) is 2. The third kappa shape index (κ3) is 5.94. The van der Waals surface area contributed by atoms with Crippen molar-refractivity contribution in [1.29, 1.82) is 0 Å². The van der Waals surface area contributed by atoms with Gasteiger partial charge in [-0.3, -0.25) is 14.6 Å². The maximum atomic E-state index is 14.2. The molecule has 11 nitrogen and oxygen atoms in total. The zero-order chi connectivity index (χ0) is 28.9. The van der Waals surface area contributed by atoms with Crippen LogP contribution in [0.1, 0.15) is 25.3 Å². The van der Waals surface area contributed by atoms with Gasteiger partial charge in [0.25, 0.3) is 0 Å². The third-order valence-electron chi connectivity index (χ3n) is 7.47. The van der Waals surface area contributed by atoms with E-state index in [4.69, 9.17) is 14.5 Å². The van der Waals surface area contributed by atoms with Crippen LogP contribution in [0.3, 0.4) is 0 Å². The Morgan fingerprint density at radius 1 is 1.10 bits per heavy atom. The van der Waals surface area contributed by atoms with E-state index in [0.29, 0.717) is 46.9 Å². The Balaban J connectivity index is 1.52. The van der Waals surface area contributed by atoms with Crippen molar-refractivity contribution in [2.24, 2.45) is 0 Å². The van der Waals surface area contributed by atoms with E-state index in [1.54, 1.807) is 37.4 Å². The summed E-state index contributed by atoms with van der Waals surface area (Å²) in [5, 5.41) is 6.01. The number of para-hydroxylation sites is 2. The quantitative estimate of drug-likeness (QED) is 0.361. The van der Waals surface area contributed by atoms with Crippen LogP contribution in [-0.4, -0.2) is 66.7 Å². The number of carbonyl (C=O) groups excluding carboxylic acids is 2. The highest BCUT2D eigenvalue weighted by Gasteiger charge is 2.39. The molecule has 0 bridgehead atoms. The van der Waals surface area contributed by atoms with Gasteiger partial charge >= 0.3 is 6.03 Å². The number of aromatic nitrogens is 2. The first-order valence-electron chi connectivity index (χ1n) is 13.7. The summed E-state index contributed by atoms with van der Waals surface area (Å²) in [6.45, 7) is 8.75. The molecule has 1 fully saturated rings. The van der Waals surface area contributed by atoms with Crippen molar-refractivity contribution >= 4 is 40.8 Å². The minimum absolute atomic E-state index is 0.0266. The van der Waals surface area contributed by atoms with Gasteiger partial charge in [-0.2, -0.15) is 4.98 Å². The molecule has 0 unspecified atom stereocenters. The molecule has 0 saturated carbocycles. The molecule has 0 aliphatic carbocycles. The van der Waals surface area contributed by atoms with Crippen LogP contribution in [0, 0.1) is 0 Å². The van der Waals surface area contributed by atoms with Gasteiger partial charge in [0.2, 0.25) is 11.9 Å². The number of ether oxygens (including phenoxy) is 2. The molecule has 2 N–H and O–H groups in total. The van der Waals surface area contributed by atoms with Gasteiger partial charge in [0.1, 0.15) is 17.3 Å². The van der Waals surface area contributed by atoms with E-state index in [0.717, 1.165) is 38.0 Å². The van der Waals surface area contributed by atoms with Crippen LogP contribution in [-0.2, 0) is 11.3 Å². The number of carbonyl (C=O) groups is 2. The van der Waals surface area contributed by atoms with Gasteiger partial charge in [-0.1, -0.05) is 25.6 Å². The first-order chi connectivity index (χ1) is 19.9. The summed E-state index contributed by atoms with van der Waals surface area (Å²) < 4.78 is 10.9. The fourth-order valence-electron chi connectivity index (χ4n) is 5.21. The SMILES string of the molecule is C=CC(=O)Nc1ccccc1Nc1ncc2c(n1)N(C1CCN(CC)CC1)C(=O)N(c1cc(OC)cc(OC)c1)C2. The molecule has 11 heteroatoms. The number of piperidine rings is 1. The Labute approximate surface area is 239 Å². The summed E-state index contributed by atoms with van der Waals surface area (Å²) >= 11 is 0. The lowest BCUT2D eigenvalue weighted by atomic mass is 10.0. The topological polar surface area (TPSA) is 112 Å². The van der Waals surface area contributed by atoms with Gasteiger partial charge in [-0.15, -0.1) is 0 Å². The number of fused-ring (bicyclic) bond motifs is 1. The van der Waals surface area contributed by atoms with Crippen LogP contribution in [0.25, 0.3) is 0 Å². The minimum atomic E-state index is -0.324. The van der Waals surface area contributed by atoms with E-state index in [-0.39, 0.29) is 18.0 Å². The number of likely N-dealkylation sites (tertiary alicyclic amines) is 1. The molecule has 1 saturated heterocycles. The number of benzene rings is 2.